The lowest BCUT2D eigenvalue weighted by molar-refractivity contribution is -0.186. The fraction of sp³-hybridized carbons (Fsp3) is 0.850. The molecule has 1 spiro atoms. The Morgan fingerprint density at radius 1 is 1.22 bits per heavy atom. The average molecular weight is 321 g/mol. The van der Waals surface area contributed by atoms with Crippen LogP contribution >= 0.6 is 0 Å². The van der Waals surface area contributed by atoms with Crippen molar-refractivity contribution in [2.45, 2.75) is 77.2 Å². The minimum absolute atomic E-state index is 0.00929. The molecule has 0 aromatic rings. The summed E-state index contributed by atoms with van der Waals surface area (Å²) < 4.78 is 15.6. The van der Waals surface area contributed by atoms with Gasteiger partial charge in [-0.2, -0.15) is 0 Å². The van der Waals surface area contributed by atoms with Gasteiger partial charge in [0.1, 0.15) is 0 Å². The Morgan fingerprint density at radius 3 is 2.65 bits per heavy atom. The highest BCUT2D eigenvalue weighted by Gasteiger charge is 2.67. The zero-order valence-electron chi connectivity index (χ0n) is 16.3. The molecule has 0 saturated heterocycles. The van der Waals surface area contributed by atoms with E-state index < -0.39 is 17.0 Å². The van der Waals surface area contributed by atoms with E-state index >= 15 is 0 Å². The molecule has 4 aliphatic rings. The fourth-order valence-corrected chi connectivity index (χ4v) is 7.49. The average Bonchev–Trinajstić information content (AvgIpc) is 2.73. The number of aliphatic hydroxyl groups is 1. The molecule has 0 aromatic carbocycles. The molecule has 6 atom stereocenters. The molecule has 0 aliphatic heterocycles. The Kier molecular flexibility index (Phi) is 2.58. The van der Waals surface area contributed by atoms with Crippen LogP contribution in [0.4, 0.5) is 0 Å². The van der Waals surface area contributed by atoms with Gasteiger partial charge in [0, 0.05) is 0 Å². The van der Waals surface area contributed by atoms with Gasteiger partial charge in [-0.3, -0.25) is 4.79 Å². The quantitative estimate of drug-likeness (QED) is 0.563. The van der Waals surface area contributed by atoms with Crippen molar-refractivity contribution in [3.63, 3.8) is 0 Å². The van der Waals surface area contributed by atoms with Crippen molar-refractivity contribution in [3.8, 4) is 0 Å². The van der Waals surface area contributed by atoms with E-state index in [0.717, 1.165) is 38.5 Å². The zero-order chi connectivity index (χ0) is 18.3. The minimum atomic E-state index is -0.955. The Labute approximate surface area is 142 Å². The third kappa shape index (κ3) is 1.78. The van der Waals surface area contributed by atoms with Gasteiger partial charge in [0.15, 0.2) is 0 Å². The second-order valence-corrected chi connectivity index (χ2v) is 9.49. The Hall–Kier alpha value is -0.830. The topological polar surface area (TPSA) is 57.5 Å². The number of rotatable bonds is 1. The summed E-state index contributed by atoms with van der Waals surface area (Å²) in [4.78, 5) is 12.1. The summed E-state index contributed by atoms with van der Waals surface area (Å²) in [6.45, 7) is 4.05. The number of aliphatic carboxylic acids is 1. The largest absolute Gasteiger partial charge is 0.481 e. The van der Waals surface area contributed by atoms with E-state index in [-0.39, 0.29) is 23.3 Å². The molecule has 0 unspecified atom stereocenters. The van der Waals surface area contributed by atoms with Crippen LogP contribution in [0.25, 0.3) is 0 Å². The van der Waals surface area contributed by atoms with Crippen molar-refractivity contribution in [2.24, 2.45) is 28.1 Å². The smallest absolute Gasteiger partial charge is 0.309 e. The molecular formula is C20H30O3. The van der Waals surface area contributed by atoms with Gasteiger partial charge in [-0.15, -0.1) is 0 Å². The molecule has 128 valence electrons. The first-order valence-electron chi connectivity index (χ1n) is 10.2. The van der Waals surface area contributed by atoms with Gasteiger partial charge < -0.3 is 10.2 Å². The molecule has 0 aromatic heterocycles. The summed E-state index contributed by atoms with van der Waals surface area (Å²) in [6, 6.07) is 0. The van der Waals surface area contributed by atoms with Crippen LogP contribution in [0.1, 0.15) is 74.4 Å². The lowest BCUT2D eigenvalue weighted by Gasteiger charge is -2.63. The summed E-state index contributed by atoms with van der Waals surface area (Å²) in [5.74, 6) is -0.0688. The van der Waals surface area contributed by atoms with E-state index in [9.17, 15) is 15.0 Å². The predicted molar refractivity (Wildman–Crippen MR) is 88.9 cm³/mol. The minimum Gasteiger partial charge on any atom is -0.481 e. The van der Waals surface area contributed by atoms with Crippen molar-refractivity contribution in [1.29, 1.82) is 0 Å². The number of hydrogen-bond donors (Lipinski definition) is 2. The van der Waals surface area contributed by atoms with Gasteiger partial charge in [0.25, 0.3) is 0 Å². The molecule has 4 aliphatic carbocycles. The van der Waals surface area contributed by atoms with Crippen molar-refractivity contribution in [1.82, 2.24) is 0 Å². The van der Waals surface area contributed by atoms with Crippen LogP contribution in [-0.4, -0.2) is 21.8 Å². The van der Waals surface area contributed by atoms with E-state index in [2.05, 4.69) is 6.92 Å². The molecule has 4 saturated carbocycles. The van der Waals surface area contributed by atoms with E-state index in [1.54, 1.807) is 0 Å². The molecule has 2 N–H and O–H groups in total. The highest BCUT2D eigenvalue weighted by Crippen LogP contribution is 2.72. The van der Waals surface area contributed by atoms with E-state index in [0.29, 0.717) is 30.8 Å². The van der Waals surface area contributed by atoms with E-state index in [1.807, 2.05) is 6.92 Å². The SMILES string of the molecule is [2H][13C]([2H])=C1C[C@@]23CC[C@H]4[C@@](C)(CCC[C@@]4(C)C(=O)O)[C@@H]2CC[C@]1(O)C3. The third-order valence-corrected chi connectivity index (χ3v) is 8.51. The van der Waals surface area contributed by atoms with Crippen molar-refractivity contribution in [3.05, 3.63) is 12.1 Å². The first-order chi connectivity index (χ1) is 11.6. The molecule has 0 amide bonds. The lowest BCUT2D eigenvalue weighted by atomic mass is 9.41. The summed E-state index contributed by atoms with van der Waals surface area (Å²) in [7, 11) is 0. The molecular weight excluding hydrogens is 289 g/mol. The van der Waals surface area contributed by atoms with Crippen molar-refractivity contribution >= 4 is 5.97 Å². The molecule has 0 heterocycles. The summed E-state index contributed by atoms with van der Waals surface area (Å²) in [6.07, 6.45) is 7.48. The molecule has 23 heavy (non-hydrogen) atoms. The van der Waals surface area contributed by atoms with Gasteiger partial charge in [-0.05, 0) is 86.5 Å². The highest BCUT2D eigenvalue weighted by atomic mass is 16.4. The first kappa shape index (κ1) is 13.5. The van der Waals surface area contributed by atoms with Gasteiger partial charge in [0.05, 0.1) is 13.8 Å². The molecule has 3 heteroatoms. The second kappa shape index (κ2) is 4.41. The normalized spacial score (nSPS) is 56.2. The van der Waals surface area contributed by atoms with Gasteiger partial charge in [0.2, 0.25) is 0 Å². The zero-order valence-corrected chi connectivity index (χ0v) is 14.3. The molecule has 0 radical (unpaired) electrons. The number of carboxylic acid groups (broad SMARTS) is 1. The Bertz CT molecular complexity index is 657. The van der Waals surface area contributed by atoms with Gasteiger partial charge in [-0.25, -0.2) is 0 Å². The van der Waals surface area contributed by atoms with Gasteiger partial charge in [-0.1, -0.05) is 19.9 Å². The number of carboxylic acids is 1. The van der Waals surface area contributed by atoms with Crippen LogP contribution in [0.5, 0.6) is 0 Å². The molecule has 4 rings (SSSR count). The summed E-state index contributed by atoms with van der Waals surface area (Å²) in [5.41, 5.74) is -1.00. The number of fused-ring (bicyclic) bond motifs is 3. The second-order valence-electron chi connectivity index (χ2n) is 9.49. The van der Waals surface area contributed by atoms with E-state index in [4.69, 9.17) is 2.74 Å². The molecule has 4 fully saturated rings. The Balaban J connectivity index is 1.76. The van der Waals surface area contributed by atoms with E-state index in [1.165, 1.54) is 0 Å². The summed E-state index contributed by atoms with van der Waals surface area (Å²) in [5, 5.41) is 21.0. The van der Waals surface area contributed by atoms with Crippen LogP contribution < -0.4 is 0 Å². The number of carbonyl (C=O) groups is 1. The molecule has 3 nitrogen and oxygen atoms in total. The first-order valence-corrected chi connectivity index (χ1v) is 9.20. The lowest BCUT2D eigenvalue weighted by Crippen LogP contribution is -2.59. The van der Waals surface area contributed by atoms with Crippen molar-refractivity contribution in [2.75, 3.05) is 0 Å². The van der Waals surface area contributed by atoms with Crippen LogP contribution in [0.15, 0.2) is 12.1 Å². The monoisotopic (exact) mass is 321 g/mol. The van der Waals surface area contributed by atoms with Gasteiger partial charge >= 0.3 is 5.97 Å². The van der Waals surface area contributed by atoms with Crippen LogP contribution in [0, 0.1) is 28.1 Å². The highest BCUT2D eigenvalue weighted by molar-refractivity contribution is 5.75. The fourth-order valence-electron chi connectivity index (χ4n) is 7.49. The maximum Gasteiger partial charge on any atom is 0.309 e. The Morgan fingerprint density at radius 2 is 1.96 bits per heavy atom. The maximum absolute atomic E-state index is 12.1. The standard InChI is InChI=1S/C20H30O3/c1-13-11-19-9-5-14-17(2,7-4-8-18(14,3)16(21)22)15(19)6-10-20(13,23)12-19/h14-15,23H,1,4-12H2,2-3H3,(H,21,22)/t14-,15-,17+,18+,19+,20-/m0/s1/i1+1D2. The van der Waals surface area contributed by atoms with Crippen LogP contribution in [0.2, 0.25) is 0 Å². The maximum atomic E-state index is 12.1. The third-order valence-electron chi connectivity index (χ3n) is 8.51. The van der Waals surface area contributed by atoms with Crippen molar-refractivity contribution < 1.29 is 17.7 Å². The number of hydrogen-bond acceptors (Lipinski definition) is 2. The van der Waals surface area contributed by atoms with Crippen LogP contribution in [-0.2, 0) is 4.79 Å². The predicted octanol–water partition coefficient (Wildman–Crippen LogP) is 4.16. The summed E-state index contributed by atoms with van der Waals surface area (Å²) >= 11 is 0. The van der Waals surface area contributed by atoms with Crippen LogP contribution in [0.3, 0.4) is 0 Å². The molecule has 2 bridgehead atoms.